The molecule has 5 nitrogen and oxygen atoms in total. The Morgan fingerprint density at radius 3 is 2.68 bits per heavy atom. The smallest absolute Gasteiger partial charge is 0.221 e. The van der Waals surface area contributed by atoms with Crippen molar-refractivity contribution in [3.63, 3.8) is 0 Å². The Labute approximate surface area is 136 Å². The summed E-state index contributed by atoms with van der Waals surface area (Å²) in [5.41, 5.74) is 1.17. The molecule has 2 amide bonds. The zero-order valence-electron chi connectivity index (χ0n) is 12.8. The number of benzene rings is 1. The highest BCUT2D eigenvalue weighted by Gasteiger charge is 2.22. The second-order valence-corrected chi connectivity index (χ2v) is 6.05. The molecule has 0 bridgehead atoms. The van der Waals surface area contributed by atoms with Crippen molar-refractivity contribution in [3.8, 4) is 0 Å². The van der Waals surface area contributed by atoms with E-state index in [1.165, 1.54) is 12.6 Å². The zero-order valence-corrected chi connectivity index (χ0v) is 13.5. The molecule has 1 fully saturated rings. The van der Waals surface area contributed by atoms with Gasteiger partial charge < -0.3 is 15.5 Å². The Morgan fingerprint density at radius 2 is 2.00 bits per heavy atom. The summed E-state index contributed by atoms with van der Waals surface area (Å²) in [5.74, 6) is 0.335. The Hall–Kier alpha value is -1.75. The van der Waals surface area contributed by atoms with Crippen LogP contribution in [0.2, 0.25) is 5.02 Å². The predicted octanol–water partition coefficient (Wildman–Crippen LogP) is 1.81. The third-order valence-electron chi connectivity index (χ3n) is 3.79. The predicted molar refractivity (Wildman–Crippen MR) is 88.1 cm³/mol. The van der Waals surface area contributed by atoms with Gasteiger partial charge in [0, 0.05) is 50.2 Å². The number of anilines is 1. The molecule has 6 heteroatoms. The molecule has 1 heterocycles. The number of nitrogens with zero attached hydrogens (tertiary/aromatic N) is 1. The normalized spacial score (nSPS) is 17.4. The highest BCUT2D eigenvalue weighted by molar-refractivity contribution is 6.30. The first kappa shape index (κ1) is 16.6. The lowest BCUT2D eigenvalue weighted by Crippen LogP contribution is -2.33. The van der Waals surface area contributed by atoms with Gasteiger partial charge in [0.25, 0.3) is 0 Å². The maximum absolute atomic E-state index is 11.7. The number of amides is 2. The van der Waals surface area contributed by atoms with E-state index in [0.717, 1.165) is 24.5 Å². The van der Waals surface area contributed by atoms with Crippen molar-refractivity contribution in [1.29, 1.82) is 0 Å². The minimum absolute atomic E-state index is 0.0151. The van der Waals surface area contributed by atoms with Gasteiger partial charge >= 0.3 is 0 Å². The number of rotatable bonds is 6. The summed E-state index contributed by atoms with van der Waals surface area (Å²) >= 11 is 5.90. The lowest BCUT2D eigenvalue weighted by molar-refractivity contribution is -0.121. The summed E-state index contributed by atoms with van der Waals surface area (Å²) in [5, 5.41) is 6.30. The number of carbonyl (C=O) groups is 2. The van der Waals surface area contributed by atoms with Crippen LogP contribution in [0.5, 0.6) is 0 Å². The summed E-state index contributed by atoms with van der Waals surface area (Å²) in [6, 6.07) is 7.84. The van der Waals surface area contributed by atoms with E-state index in [-0.39, 0.29) is 11.8 Å². The Kier molecular flexibility index (Phi) is 6.07. The molecule has 0 aliphatic carbocycles. The summed E-state index contributed by atoms with van der Waals surface area (Å²) in [7, 11) is 0. The molecule has 2 rings (SSSR count). The van der Waals surface area contributed by atoms with Crippen molar-refractivity contribution >= 4 is 29.1 Å². The summed E-state index contributed by atoms with van der Waals surface area (Å²) < 4.78 is 0. The Balaban J connectivity index is 1.69. The van der Waals surface area contributed by atoms with Crippen LogP contribution in [-0.2, 0) is 9.59 Å². The van der Waals surface area contributed by atoms with Crippen LogP contribution in [0.15, 0.2) is 24.3 Å². The van der Waals surface area contributed by atoms with E-state index < -0.39 is 0 Å². The largest absolute Gasteiger partial charge is 0.371 e. The van der Waals surface area contributed by atoms with Crippen LogP contribution in [-0.4, -0.2) is 38.0 Å². The third kappa shape index (κ3) is 5.22. The summed E-state index contributed by atoms with van der Waals surface area (Å²) in [6.45, 7) is 4.45. The minimum Gasteiger partial charge on any atom is -0.371 e. The molecular weight excluding hydrogens is 302 g/mol. The van der Waals surface area contributed by atoms with Gasteiger partial charge in [-0.15, -0.1) is 0 Å². The van der Waals surface area contributed by atoms with Gasteiger partial charge in [-0.2, -0.15) is 0 Å². The molecule has 0 aromatic heterocycles. The van der Waals surface area contributed by atoms with Crippen LogP contribution in [0, 0.1) is 5.92 Å². The van der Waals surface area contributed by atoms with Crippen LogP contribution in [0.1, 0.15) is 19.8 Å². The molecule has 2 N–H and O–H groups in total. The summed E-state index contributed by atoms with van der Waals surface area (Å²) in [4.78, 5) is 24.7. The molecular formula is C16H22ClN3O2. The molecule has 1 aromatic carbocycles. The number of hydrogen-bond acceptors (Lipinski definition) is 3. The number of halogens is 1. The maximum Gasteiger partial charge on any atom is 0.221 e. The van der Waals surface area contributed by atoms with E-state index in [2.05, 4.69) is 15.5 Å². The maximum atomic E-state index is 11.7. The van der Waals surface area contributed by atoms with Crippen LogP contribution in [0.4, 0.5) is 5.69 Å². The van der Waals surface area contributed by atoms with Crippen LogP contribution >= 0.6 is 11.6 Å². The first-order valence-electron chi connectivity index (χ1n) is 7.56. The van der Waals surface area contributed by atoms with Gasteiger partial charge in [-0.05, 0) is 36.6 Å². The van der Waals surface area contributed by atoms with Gasteiger partial charge in [0.05, 0.1) is 0 Å². The quantitative estimate of drug-likeness (QED) is 0.839. The second-order valence-electron chi connectivity index (χ2n) is 5.61. The van der Waals surface area contributed by atoms with E-state index in [1.807, 2.05) is 24.3 Å². The molecule has 0 radical (unpaired) electrons. The molecule has 120 valence electrons. The molecule has 1 aliphatic rings. The van der Waals surface area contributed by atoms with Gasteiger partial charge in [0.15, 0.2) is 0 Å². The van der Waals surface area contributed by atoms with E-state index >= 15 is 0 Å². The van der Waals surface area contributed by atoms with Crippen molar-refractivity contribution in [1.82, 2.24) is 10.6 Å². The van der Waals surface area contributed by atoms with E-state index in [9.17, 15) is 9.59 Å². The van der Waals surface area contributed by atoms with Gasteiger partial charge in [-0.3, -0.25) is 9.59 Å². The Bertz CT molecular complexity index is 519. The average molecular weight is 324 g/mol. The highest BCUT2D eigenvalue weighted by Crippen LogP contribution is 2.24. The fraction of sp³-hybridized carbons (Fsp3) is 0.500. The average Bonchev–Trinajstić information content (AvgIpc) is 2.94. The van der Waals surface area contributed by atoms with Crippen molar-refractivity contribution in [3.05, 3.63) is 29.3 Å². The number of hydrogen-bond donors (Lipinski definition) is 2. The monoisotopic (exact) mass is 323 g/mol. The molecule has 22 heavy (non-hydrogen) atoms. The molecule has 0 unspecified atom stereocenters. The van der Waals surface area contributed by atoms with Gasteiger partial charge in [0.1, 0.15) is 0 Å². The molecule has 1 aromatic rings. The third-order valence-corrected chi connectivity index (χ3v) is 4.04. The van der Waals surface area contributed by atoms with Crippen LogP contribution < -0.4 is 15.5 Å². The molecule has 1 atom stereocenters. The van der Waals surface area contributed by atoms with Gasteiger partial charge in [0.2, 0.25) is 11.8 Å². The van der Waals surface area contributed by atoms with Crippen molar-refractivity contribution in [2.75, 3.05) is 31.1 Å². The molecule has 0 saturated carbocycles. The van der Waals surface area contributed by atoms with Gasteiger partial charge in [-0.1, -0.05) is 11.6 Å². The summed E-state index contributed by atoms with van der Waals surface area (Å²) in [6.07, 6.45) is 1.39. The molecule has 0 spiro atoms. The lowest BCUT2D eigenvalue weighted by atomic mass is 10.1. The molecule has 1 saturated heterocycles. The van der Waals surface area contributed by atoms with E-state index in [1.54, 1.807) is 0 Å². The second kappa shape index (κ2) is 8.03. The minimum atomic E-state index is -0.109. The SMILES string of the molecule is CC(=O)NCCC(=O)NC[C@H]1CCN(c2ccc(Cl)cc2)C1. The van der Waals surface area contributed by atoms with Crippen molar-refractivity contribution < 1.29 is 9.59 Å². The zero-order chi connectivity index (χ0) is 15.9. The standard InChI is InChI=1S/C16H22ClN3O2/c1-12(21)18-8-6-16(22)19-10-13-7-9-20(11-13)15-4-2-14(17)3-5-15/h2-5,13H,6-11H2,1H3,(H,18,21)(H,19,22)/t13-/m1/s1. The Morgan fingerprint density at radius 1 is 1.27 bits per heavy atom. The van der Waals surface area contributed by atoms with Crippen LogP contribution in [0.3, 0.4) is 0 Å². The number of nitrogens with one attached hydrogen (secondary N) is 2. The highest BCUT2D eigenvalue weighted by atomic mass is 35.5. The van der Waals surface area contributed by atoms with Crippen molar-refractivity contribution in [2.24, 2.45) is 5.92 Å². The lowest BCUT2D eigenvalue weighted by Gasteiger charge is -2.19. The first-order valence-corrected chi connectivity index (χ1v) is 7.94. The van der Waals surface area contributed by atoms with E-state index in [0.29, 0.717) is 25.4 Å². The fourth-order valence-electron chi connectivity index (χ4n) is 2.58. The molecule has 1 aliphatic heterocycles. The van der Waals surface area contributed by atoms with Crippen molar-refractivity contribution in [2.45, 2.75) is 19.8 Å². The van der Waals surface area contributed by atoms with E-state index in [4.69, 9.17) is 11.6 Å². The topological polar surface area (TPSA) is 61.4 Å². The fourth-order valence-corrected chi connectivity index (χ4v) is 2.71. The van der Waals surface area contributed by atoms with Gasteiger partial charge in [-0.25, -0.2) is 0 Å². The number of carbonyl (C=O) groups excluding carboxylic acids is 2. The van der Waals surface area contributed by atoms with Crippen LogP contribution in [0.25, 0.3) is 0 Å². The first-order chi connectivity index (χ1) is 10.5.